The van der Waals surface area contributed by atoms with Crippen molar-refractivity contribution in [2.75, 3.05) is 18.0 Å². The van der Waals surface area contributed by atoms with E-state index in [1.165, 1.54) is 32.5 Å². The lowest BCUT2D eigenvalue weighted by atomic mass is 9.87. The number of likely N-dealkylation sites (tertiary alicyclic amines) is 2. The predicted molar refractivity (Wildman–Crippen MR) is 239 cm³/mol. The number of primary amides is 2. The van der Waals surface area contributed by atoms with Gasteiger partial charge < -0.3 is 47.0 Å². The molecule has 3 saturated heterocycles. The van der Waals surface area contributed by atoms with Crippen LogP contribution in [0, 0.1) is 11.8 Å². The topological polar surface area (TPSA) is 254 Å². The summed E-state index contributed by atoms with van der Waals surface area (Å²) in [6.07, 6.45) is 1.02. The molecule has 5 heterocycles. The van der Waals surface area contributed by atoms with Crippen LogP contribution in [0.3, 0.4) is 0 Å². The zero-order valence-corrected chi connectivity index (χ0v) is 38.7. The van der Waals surface area contributed by atoms with E-state index in [-0.39, 0.29) is 55.3 Å². The molecule has 6 amide bonds. The molecular formula is C44H61N9O8S2. The fourth-order valence-electron chi connectivity index (χ4n) is 9.51. The third-order valence-electron chi connectivity index (χ3n) is 13.5. The summed E-state index contributed by atoms with van der Waals surface area (Å²) >= 11 is 2.49. The van der Waals surface area contributed by atoms with E-state index < -0.39 is 59.0 Å². The Bertz CT molecular complexity index is 2080. The first-order valence-electron chi connectivity index (χ1n) is 21.7. The molecule has 3 fully saturated rings. The molecule has 3 aliphatic rings. The summed E-state index contributed by atoms with van der Waals surface area (Å²) in [5.41, 5.74) is 12.5. The smallest absolute Gasteiger partial charge is 0.405 e. The summed E-state index contributed by atoms with van der Waals surface area (Å²) in [7, 11) is 0. The minimum Gasteiger partial charge on any atom is -0.465 e. The van der Waals surface area contributed by atoms with Crippen molar-refractivity contribution in [2.45, 2.75) is 140 Å². The predicted octanol–water partition coefficient (Wildman–Crippen LogP) is 5.95. The van der Waals surface area contributed by atoms with Gasteiger partial charge in [0, 0.05) is 29.5 Å². The normalized spacial score (nSPS) is 24.5. The van der Waals surface area contributed by atoms with Crippen molar-refractivity contribution in [3.8, 4) is 0 Å². The van der Waals surface area contributed by atoms with Crippen molar-refractivity contribution >= 4 is 64.2 Å². The molecule has 2 aromatic heterocycles. The number of amides is 6. The highest BCUT2D eigenvalue weighted by Crippen LogP contribution is 2.50. The molecule has 8 atom stereocenters. The van der Waals surface area contributed by atoms with E-state index in [1.54, 1.807) is 13.8 Å². The van der Waals surface area contributed by atoms with Gasteiger partial charge in [-0.05, 0) is 73.5 Å². The Morgan fingerprint density at radius 2 is 1.14 bits per heavy atom. The molecule has 17 nitrogen and oxygen atoms in total. The molecular weight excluding hydrogens is 847 g/mol. The van der Waals surface area contributed by atoms with Gasteiger partial charge in [0.1, 0.15) is 22.1 Å². The van der Waals surface area contributed by atoms with Crippen LogP contribution in [0.5, 0.6) is 0 Å². The number of nitrogens with two attached hydrogens (primary N) is 2. The zero-order valence-electron chi connectivity index (χ0n) is 37.1. The van der Waals surface area contributed by atoms with Gasteiger partial charge in [0.25, 0.3) is 11.8 Å². The highest BCUT2D eigenvalue weighted by molar-refractivity contribution is 7.10. The van der Waals surface area contributed by atoms with Crippen LogP contribution >= 0.6 is 22.7 Å². The molecule has 0 bridgehead atoms. The van der Waals surface area contributed by atoms with Crippen molar-refractivity contribution in [3.05, 3.63) is 62.0 Å². The number of nitrogens with zero attached hydrogens (tertiary/aromatic N) is 5. The molecule has 6 rings (SSSR count). The van der Waals surface area contributed by atoms with Gasteiger partial charge in [0.05, 0.1) is 23.5 Å². The number of carbonyl (C=O) groups excluding carboxylic acids is 4. The van der Waals surface area contributed by atoms with Crippen LogP contribution in [-0.2, 0) is 35.7 Å². The van der Waals surface area contributed by atoms with E-state index in [9.17, 15) is 39.0 Å². The van der Waals surface area contributed by atoms with Crippen molar-refractivity contribution in [1.82, 2.24) is 30.4 Å². The number of rotatable bonds is 15. The Morgan fingerprint density at radius 1 is 0.746 bits per heavy atom. The van der Waals surface area contributed by atoms with Gasteiger partial charge >= 0.3 is 12.2 Å². The number of nitrogens with one attached hydrogen (secondary N) is 2. The van der Waals surface area contributed by atoms with Crippen molar-refractivity contribution in [2.24, 2.45) is 23.3 Å². The quantitative estimate of drug-likeness (QED) is 0.104. The first-order chi connectivity index (χ1) is 29.7. The molecule has 0 radical (unpaired) electrons. The number of benzene rings is 1. The lowest BCUT2D eigenvalue weighted by Gasteiger charge is -2.37. The minimum atomic E-state index is -1.57. The number of anilines is 1. The Morgan fingerprint density at radius 3 is 1.48 bits per heavy atom. The largest absolute Gasteiger partial charge is 0.465 e. The second-order valence-corrected chi connectivity index (χ2v) is 19.9. The summed E-state index contributed by atoms with van der Waals surface area (Å²) in [4.78, 5) is 94.5. The maximum atomic E-state index is 14.2. The Hall–Kier alpha value is -5.30. The van der Waals surface area contributed by atoms with Crippen LogP contribution in [0.15, 0.2) is 35.0 Å². The van der Waals surface area contributed by atoms with Crippen LogP contribution in [0.4, 0.5) is 15.3 Å². The van der Waals surface area contributed by atoms with Gasteiger partial charge in [-0.2, -0.15) is 0 Å². The van der Waals surface area contributed by atoms with Crippen molar-refractivity contribution in [3.63, 3.8) is 0 Å². The van der Waals surface area contributed by atoms with E-state index in [2.05, 4.69) is 60.6 Å². The average molecular weight is 908 g/mol. The highest BCUT2D eigenvalue weighted by atomic mass is 32.1. The van der Waals surface area contributed by atoms with Crippen LogP contribution in [-0.4, -0.2) is 91.0 Å². The second kappa shape index (κ2) is 18.4. The summed E-state index contributed by atoms with van der Waals surface area (Å²) in [5, 5.41) is 28.5. The zero-order chi connectivity index (χ0) is 46.2. The number of carboxylic acid groups (broad SMARTS) is 2. The van der Waals surface area contributed by atoms with Gasteiger partial charge in [-0.1, -0.05) is 73.4 Å². The summed E-state index contributed by atoms with van der Waals surface area (Å²) < 4.78 is 0. The lowest BCUT2D eigenvalue weighted by Crippen LogP contribution is -2.59. The van der Waals surface area contributed by atoms with Crippen molar-refractivity contribution in [1.29, 1.82) is 0 Å². The van der Waals surface area contributed by atoms with Gasteiger partial charge in [-0.3, -0.25) is 19.2 Å². The van der Waals surface area contributed by atoms with Gasteiger partial charge in [0.15, 0.2) is 11.1 Å². The molecule has 19 heteroatoms. The van der Waals surface area contributed by atoms with Crippen LogP contribution in [0.1, 0.15) is 139 Å². The van der Waals surface area contributed by atoms with Crippen LogP contribution in [0.2, 0.25) is 0 Å². The standard InChI is InChI=1S/C44H61N9O8S2/c1-8-24(3)32(49-40(58)59)34(54)51-20-10-18-43(51,36(45)56)38-47-28(22-62-38)30-16-17-31(53(30)27-14-12-26(13-15-27)42(5,6)7)29-23-63-39(48-29)44(37(46)57)19-11-21-52(44)35(55)33(25(4)9-2)50-41(60)61/h12-15,22-25,30-33,49-50H,8-11,16-21H2,1-7H3,(H2,45,56)(H2,46,57)(H,58,59)(H,60,61)/t24-,25-,30+,31+,32-,33-,43-,44-/m0/s1. The first kappa shape index (κ1) is 47.2. The van der Waals surface area contributed by atoms with Gasteiger partial charge in [-0.15, -0.1) is 22.7 Å². The molecule has 0 saturated carbocycles. The Kier molecular flexibility index (Phi) is 13.8. The molecule has 0 unspecified atom stereocenters. The van der Waals surface area contributed by atoms with Crippen molar-refractivity contribution < 1.29 is 39.0 Å². The van der Waals surface area contributed by atoms with E-state index in [4.69, 9.17) is 21.4 Å². The molecule has 342 valence electrons. The maximum Gasteiger partial charge on any atom is 0.405 e. The van der Waals surface area contributed by atoms with E-state index in [0.717, 1.165) is 11.3 Å². The first-order valence-corrected chi connectivity index (χ1v) is 23.5. The number of carbonyl (C=O) groups is 6. The number of thiazole rings is 2. The van der Waals surface area contributed by atoms with E-state index in [0.29, 0.717) is 59.9 Å². The number of hydrogen-bond donors (Lipinski definition) is 6. The van der Waals surface area contributed by atoms with E-state index in [1.807, 2.05) is 24.6 Å². The highest BCUT2D eigenvalue weighted by Gasteiger charge is 2.56. The molecule has 8 N–H and O–H groups in total. The molecule has 1 aromatic carbocycles. The maximum absolute atomic E-state index is 14.2. The molecule has 0 aliphatic carbocycles. The molecule has 63 heavy (non-hydrogen) atoms. The monoisotopic (exact) mass is 907 g/mol. The SMILES string of the molecule is CC[C@H](C)[C@H](NC(=O)O)C(=O)N1CCC[C@]1(C(N)=O)c1nc([C@H]2CC[C@H](c3csc([C@@]4(C(N)=O)CCCN4C(=O)[C@@H](NC(=O)O)[C@@H](C)CC)n3)N2c2ccc(C(C)(C)C)cc2)cs1. The minimum absolute atomic E-state index is 0.112. The molecule has 0 spiro atoms. The van der Waals surface area contributed by atoms with Gasteiger partial charge in [0.2, 0.25) is 11.8 Å². The molecule has 3 aromatic rings. The van der Waals surface area contributed by atoms with E-state index >= 15 is 0 Å². The van der Waals surface area contributed by atoms with Crippen LogP contribution in [0.25, 0.3) is 0 Å². The summed E-state index contributed by atoms with van der Waals surface area (Å²) in [6, 6.07) is 5.49. The number of hydrogen-bond acceptors (Lipinski definition) is 11. The fraction of sp³-hybridized carbons (Fsp3) is 0.591. The summed E-state index contributed by atoms with van der Waals surface area (Å²) in [5.74, 6) is -3.22. The second-order valence-electron chi connectivity index (χ2n) is 18.2. The Balaban J connectivity index is 1.39. The lowest BCUT2D eigenvalue weighted by molar-refractivity contribution is -0.146. The molecule has 3 aliphatic heterocycles. The van der Waals surface area contributed by atoms with Crippen LogP contribution < -0.4 is 27.0 Å². The average Bonchev–Trinajstić information content (AvgIpc) is 4.08. The third-order valence-corrected chi connectivity index (χ3v) is 15.5. The number of aromatic nitrogens is 2. The third kappa shape index (κ3) is 8.69. The van der Waals surface area contributed by atoms with Gasteiger partial charge in [-0.25, -0.2) is 19.6 Å². The fourth-order valence-corrected chi connectivity index (χ4v) is 11.7. The Labute approximate surface area is 376 Å². The summed E-state index contributed by atoms with van der Waals surface area (Å²) in [6.45, 7) is 14.1.